The molecule has 0 atom stereocenters. The Morgan fingerprint density at radius 1 is 1.11 bits per heavy atom. The van der Waals surface area contributed by atoms with Crippen LogP contribution in [-0.2, 0) is 17.5 Å². The topological polar surface area (TPSA) is 77.2 Å². The number of aromatic nitrogens is 2. The summed E-state index contributed by atoms with van der Waals surface area (Å²) in [5.41, 5.74) is 1.15. The van der Waals surface area contributed by atoms with Crippen molar-refractivity contribution < 1.29 is 27.2 Å². The Kier molecular flexibility index (Phi) is 8.28. The molecule has 0 aliphatic carbocycles. The molecule has 9 heteroatoms. The number of benzene rings is 1. The van der Waals surface area contributed by atoms with Crippen molar-refractivity contribution in [2.24, 2.45) is 0 Å². The monoisotopic (exact) mass is 399 g/mol. The lowest BCUT2D eigenvalue weighted by molar-refractivity contribution is -0.159. The number of nitrogens with one attached hydrogen (secondary N) is 1. The number of hydrogen-bond acceptors (Lipinski definition) is 5. The van der Waals surface area contributed by atoms with Crippen LogP contribution >= 0.6 is 0 Å². The van der Waals surface area contributed by atoms with Gasteiger partial charge in [-0.2, -0.15) is 18.2 Å². The zero-order valence-corrected chi connectivity index (χ0v) is 15.7. The van der Waals surface area contributed by atoms with Crippen LogP contribution in [0.4, 0.5) is 18.0 Å². The number of unbranched alkanes of at least 4 members (excludes halogenated alkanes) is 5. The third kappa shape index (κ3) is 7.21. The number of amides is 1. The van der Waals surface area contributed by atoms with E-state index in [1.54, 1.807) is 24.3 Å². The van der Waals surface area contributed by atoms with E-state index in [1.807, 2.05) is 0 Å². The predicted octanol–water partition coefficient (Wildman–Crippen LogP) is 5.34. The number of alkyl carbamates (subject to hydrolysis) is 1. The van der Waals surface area contributed by atoms with Crippen molar-refractivity contribution in [3.05, 3.63) is 35.7 Å². The molecular formula is C19H24F3N3O3. The van der Waals surface area contributed by atoms with Gasteiger partial charge < -0.3 is 14.6 Å². The summed E-state index contributed by atoms with van der Waals surface area (Å²) in [4.78, 5) is 15.0. The molecule has 6 nitrogen and oxygen atoms in total. The van der Waals surface area contributed by atoms with E-state index in [1.165, 1.54) is 19.3 Å². The molecule has 0 saturated carbocycles. The van der Waals surface area contributed by atoms with Crippen molar-refractivity contribution in [3.63, 3.8) is 0 Å². The minimum atomic E-state index is -4.68. The van der Waals surface area contributed by atoms with E-state index < -0.39 is 18.2 Å². The fourth-order valence-electron chi connectivity index (χ4n) is 2.50. The lowest BCUT2D eigenvalue weighted by Gasteiger charge is -2.07. The van der Waals surface area contributed by atoms with Gasteiger partial charge in [-0.05, 0) is 12.0 Å². The van der Waals surface area contributed by atoms with E-state index in [2.05, 4.69) is 26.9 Å². The molecule has 1 amide bonds. The summed E-state index contributed by atoms with van der Waals surface area (Å²) < 4.78 is 46.8. The van der Waals surface area contributed by atoms with Crippen LogP contribution in [0, 0.1) is 0 Å². The molecule has 28 heavy (non-hydrogen) atoms. The van der Waals surface area contributed by atoms with Gasteiger partial charge in [-0.3, -0.25) is 0 Å². The van der Waals surface area contributed by atoms with Gasteiger partial charge in [0.25, 0.3) is 0 Å². The highest BCUT2D eigenvalue weighted by Crippen LogP contribution is 2.29. The van der Waals surface area contributed by atoms with Gasteiger partial charge in [0.2, 0.25) is 5.82 Å². The van der Waals surface area contributed by atoms with Gasteiger partial charge in [-0.15, -0.1) is 0 Å². The van der Waals surface area contributed by atoms with Gasteiger partial charge in [-0.1, -0.05) is 68.4 Å². The molecule has 0 aliphatic rings. The average molecular weight is 399 g/mol. The maximum atomic E-state index is 12.5. The number of alkyl halides is 3. The number of carbonyl (C=O) groups is 1. The molecule has 0 fully saturated rings. The Balaban J connectivity index is 1.71. The average Bonchev–Trinajstić information content (AvgIpc) is 3.17. The fourth-order valence-corrected chi connectivity index (χ4v) is 2.50. The van der Waals surface area contributed by atoms with E-state index in [4.69, 9.17) is 4.74 Å². The number of halogens is 3. The van der Waals surface area contributed by atoms with Gasteiger partial charge in [0, 0.05) is 12.1 Å². The molecule has 0 aliphatic heterocycles. The number of carbonyl (C=O) groups excluding carboxylic acids is 1. The van der Waals surface area contributed by atoms with Crippen LogP contribution in [0.25, 0.3) is 11.4 Å². The normalized spacial score (nSPS) is 11.4. The summed E-state index contributed by atoms with van der Waals surface area (Å²) in [6, 6.07) is 6.44. The molecule has 0 radical (unpaired) electrons. The van der Waals surface area contributed by atoms with Crippen molar-refractivity contribution in [2.45, 2.75) is 58.2 Å². The van der Waals surface area contributed by atoms with Crippen LogP contribution < -0.4 is 5.32 Å². The highest BCUT2D eigenvalue weighted by Gasteiger charge is 2.38. The van der Waals surface area contributed by atoms with E-state index in [-0.39, 0.29) is 12.4 Å². The van der Waals surface area contributed by atoms with Crippen LogP contribution in [0.2, 0.25) is 0 Å². The Bertz CT molecular complexity index is 730. The standard InChI is InChI=1S/C19H24F3N3O3/c1-2-3-4-5-6-7-12-27-18(26)23-13-14-8-10-15(11-9-14)16-24-17(28-25-16)19(20,21)22/h8-11H,2-7,12-13H2,1H3,(H,23,26). The first-order valence-electron chi connectivity index (χ1n) is 9.31. The molecule has 1 heterocycles. The van der Waals surface area contributed by atoms with E-state index in [0.29, 0.717) is 12.2 Å². The second-order valence-corrected chi connectivity index (χ2v) is 6.38. The molecule has 0 unspecified atom stereocenters. The minimum Gasteiger partial charge on any atom is -0.450 e. The van der Waals surface area contributed by atoms with Gasteiger partial charge in [-0.25, -0.2) is 4.79 Å². The first-order chi connectivity index (χ1) is 13.4. The third-order valence-electron chi connectivity index (χ3n) is 4.05. The summed E-state index contributed by atoms with van der Waals surface area (Å²) in [6.07, 6.45) is 1.50. The lowest BCUT2D eigenvalue weighted by Crippen LogP contribution is -2.24. The molecule has 1 aromatic carbocycles. The van der Waals surface area contributed by atoms with Gasteiger partial charge in [0.15, 0.2) is 0 Å². The molecule has 0 bridgehead atoms. The molecule has 2 rings (SSSR count). The second-order valence-electron chi connectivity index (χ2n) is 6.38. The molecular weight excluding hydrogens is 375 g/mol. The summed E-state index contributed by atoms with van der Waals surface area (Å²) in [5, 5.41) is 5.96. The summed E-state index contributed by atoms with van der Waals surface area (Å²) in [6.45, 7) is 2.79. The number of rotatable bonds is 10. The first kappa shape index (κ1) is 21.7. The lowest BCUT2D eigenvalue weighted by atomic mass is 10.1. The largest absolute Gasteiger partial charge is 0.471 e. The van der Waals surface area contributed by atoms with E-state index >= 15 is 0 Å². The highest BCUT2D eigenvalue weighted by atomic mass is 19.4. The van der Waals surface area contributed by atoms with Crippen molar-refractivity contribution in [3.8, 4) is 11.4 Å². The smallest absolute Gasteiger partial charge is 0.450 e. The quantitative estimate of drug-likeness (QED) is 0.546. The summed E-state index contributed by atoms with van der Waals surface area (Å²) in [7, 11) is 0. The van der Waals surface area contributed by atoms with Gasteiger partial charge >= 0.3 is 18.2 Å². The zero-order valence-electron chi connectivity index (χ0n) is 15.7. The number of hydrogen-bond donors (Lipinski definition) is 1. The van der Waals surface area contributed by atoms with Crippen LogP contribution in [0.3, 0.4) is 0 Å². The summed E-state index contributed by atoms with van der Waals surface area (Å²) >= 11 is 0. The molecule has 0 saturated heterocycles. The van der Waals surface area contributed by atoms with Gasteiger partial charge in [0.1, 0.15) is 0 Å². The molecule has 2 aromatic rings. The molecule has 1 N–H and O–H groups in total. The third-order valence-corrected chi connectivity index (χ3v) is 4.05. The van der Waals surface area contributed by atoms with Crippen molar-refractivity contribution >= 4 is 6.09 Å². The zero-order chi connectivity index (χ0) is 20.4. The Labute approximate surface area is 161 Å². The highest BCUT2D eigenvalue weighted by molar-refractivity contribution is 5.67. The van der Waals surface area contributed by atoms with Crippen LogP contribution in [0.1, 0.15) is 56.9 Å². The van der Waals surface area contributed by atoms with Crippen molar-refractivity contribution in [1.82, 2.24) is 15.5 Å². The summed E-state index contributed by atoms with van der Waals surface area (Å²) in [5.74, 6) is -1.54. The Hall–Kier alpha value is -2.58. The van der Waals surface area contributed by atoms with Crippen LogP contribution in [0.15, 0.2) is 28.8 Å². The van der Waals surface area contributed by atoms with E-state index in [0.717, 1.165) is 24.8 Å². The number of nitrogens with zero attached hydrogens (tertiary/aromatic N) is 2. The van der Waals surface area contributed by atoms with Crippen LogP contribution in [0.5, 0.6) is 0 Å². The number of ether oxygens (including phenoxy) is 1. The molecule has 1 aromatic heterocycles. The predicted molar refractivity (Wildman–Crippen MR) is 96.3 cm³/mol. The Morgan fingerprint density at radius 2 is 1.79 bits per heavy atom. The first-order valence-corrected chi connectivity index (χ1v) is 9.31. The molecule has 154 valence electrons. The minimum absolute atomic E-state index is 0.148. The van der Waals surface area contributed by atoms with E-state index in [9.17, 15) is 18.0 Å². The fraction of sp³-hybridized carbons (Fsp3) is 0.526. The maximum Gasteiger partial charge on any atom is 0.471 e. The van der Waals surface area contributed by atoms with Gasteiger partial charge in [0.05, 0.1) is 6.61 Å². The van der Waals surface area contributed by atoms with Crippen molar-refractivity contribution in [1.29, 1.82) is 0 Å². The SMILES string of the molecule is CCCCCCCCOC(=O)NCc1ccc(-c2noc(C(F)(F)F)n2)cc1. The van der Waals surface area contributed by atoms with Crippen molar-refractivity contribution in [2.75, 3.05) is 6.61 Å². The van der Waals surface area contributed by atoms with Crippen LogP contribution in [-0.4, -0.2) is 22.8 Å². The molecule has 0 spiro atoms. The second kappa shape index (κ2) is 10.7. The maximum absolute atomic E-state index is 12.5. The Morgan fingerprint density at radius 3 is 2.43 bits per heavy atom.